The molecule has 188 valence electrons. The van der Waals surface area contributed by atoms with E-state index in [0.717, 1.165) is 77.6 Å². The van der Waals surface area contributed by atoms with Crippen LogP contribution in [0.15, 0.2) is 154 Å². The summed E-state index contributed by atoms with van der Waals surface area (Å²) in [5.41, 5.74) is 8.38. The zero-order valence-electron chi connectivity index (χ0n) is 21.7. The van der Waals surface area contributed by atoms with Crippen LogP contribution in [0, 0.1) is 0 Å². The number of benzene rings is 6. The Labute approximate surface area is 231 Å². The molecule has 0 saturated heterocycles. The Morgan fingerprint density at radius 3 is 1.52 bits per heavy atom. The minimum absolute atomic E-state index is 0.861. The summed E-state index contributed by atoms with van der Waals surface area (Å²) in [6.07, 6.45) is 0. The van der Waals surface area contributed by atoms with Gasteiger partial charge in [-0.15, -0.1) is 0 Å². The van der Waals surface area contributed by atoms with Crippen LogP contribution in [0.25, 0.3) is 77.6 Å². The van der Waals surface area contributed by atoms with Crippen LogP contribution in [0.4, 0.5) is 0 Å². The molecule has 2 heterocycles. The lowest BCUT2D eigenvalue weighted by atomic mass is 9.94. The molecule has 8 rings (SSSR count). The van der Waals surface area contributed by atoms with Gasteiger partial charge in [0.15, 0.2) is 0 Å². The van der Waals surface area contributed by atoms with Gasteiger partial charge in [-0.05, 0) is 40.5 Å². The molecule has 6 aromatic carbocycles. The van der Waals surface area contributed by atoms with Gasteiger partial charge < -0.3 is 8.83 Å². The Morgan fingerprint density at radius 2 is 0.825 bits per heavy atom. The highest BCUT2D eigenvalue weighted by atomic mass is 16.3. The van der Waals surface area contributed by atoms with Crippen LogP contribution in [0.3, 0.4) is 0 Å². The van der Waals surface area contributed by atoms with Crippen molar-refractivity contribution in [3.05, 3.63) is 146 Å². The van der Waals surface area contributed by atoms with Crippen LogP contribution in [0.2, 0.25) is 0 Å². The van der Waals surface area contributed by atoms with Crippen molar-refractivity contribution in [3.63, 3.8) is 0 Å². The Balaban J connectivity index is 1.45. The van der Waals surface area contributed by atoms with E-state index in [1.54, 1.807) is 0 Å². The third kappa shape index (κ3) is 3.58. The first-order valence-corrected chi connectivity index (χ1v) is 13.5. The van der Waals surface area contributed by atoms with Crippen molar-refractivity contribution in [2.75, 3.05) is 0 Å². The zero-order chi connectivity index (χ0) is 26.5. The summed E-state index contributed by atoms with van der Waals surface area (Å²) in [5.74, 6) is 1.74. The Morgan fingerprint density at radius 1 is 0.300 bits per heavy atom. The van der Waals surface area contributed by atoms with Crippen molar-refractivity contribution >= 4 is 32.7 Å². The molecule has 8 aromatic rings. The standard InChI is InChI=1S/C38H24O2/c1-3-13-25(14-4-1)27-17-7-8-19-29(27)37-30-20-9-10-21-31(30)38(40-37)34-23-33-28-18-11-12-22-35(28)39-36(33)24-32(34)26-15-5-2-6-16-26/h1-24H. The molecule has 0 bridgehead atoms. The first-order valence-electron chi connectivity index (χ1n) is 13.5. The average Bonchev–Trinajstić information content (AvgIpc) is 3.59. The molecule has 40 heavy (non-hydrogen) atoms. The molecule has 0 spiro atoms. The van der Waals surface area contributed by atoms with Gasteiger partial charge in [-0.2, -0.15) is 0 Å². The summed E-state index contributed by atoms with van der Waals surface area (Å²) in [4.78, 5) is 0. The predicted molar refractivity (Wildman–Crippen MR) is 165 cm³/mol. The van der Waals surface area contributed by atoms with E-state index in [1.807, 2.05) is 24.3 Å². The van der Waals surface area contributed by atoms with E-state index in [-0.39, 0.29) is 0 Å². The molecule has 0 saturated carbocycles. The van der Waals surface area contributed by atoms with Gasteiger partial charge in [-0.1, -0.05) is 127 Å². The Hall–Kier alpha value is -5.34. The number of fused-ring (bicyclic) bond motifs is 4. The van der Waals surface area contributed by atoms with Gasteiger partial charge in [0, 0.05) is 32.7 Å². The molecule has 0 aliphatic heterocycles. The van der Waals surface area contributed by atoms with Crippen molar-refractivity contribution in [2.45, 2.75) is 0 Å². The second-order valence-corrected chi connectivity index (χ2v) is 10.1. The van der Waals surface area contributed by atoms with Crippen molar-refractivity contribution in [1.82, 2.24) is 0 Å². The van der Waals surface area contributed by atoms with Crippen LogP contribution in [-0.2, 0) is 0 Å². The summed E-state index contributed by atoms with van der Waals surface area (Å²) in [5, 5.41) is 4.36. The lowest BCUT2D eigenvalue weighted by Gasteiger charge is -2.10. The molecule has 0 N–H and O–H groups in total. The molecule has 2 aromatic heterocycles. The number of hydrogen-bond acceptors (Lipinski definition) is 2. The Kier molecular flexibility index (Phi) is 5.17. The molecule has 0 atom stereocenters. The Bertz CT molecular complexity index is 2150. The fourth-order valence-corrected chi connectivity index (χ4v) is 5.86. The highest BCUT2D eigenvalue weighted by Gasteiger charge is 2.22. The van der Waals surface area contributed by atoms with Gasteiger partial charge in [0.1, 0.15) is 22.7 Å². The van der Waals surface area contributed by atoms with E-state index in [2.05, 4.69) is 121 Å². The average molecular weight is 513 g/mol. The molecule has 0 aliphatic rings. The molecule has 2 nitrogen and oxygen atoms in total. The van der Waals surface area contributed by atoms with Crippen LogP contribution < -0.4 is 0 Å². The van der Waals surface area contributed by atoms with Crippen LogP contribution >= 0.6 is 0 Å². The minimum atomic E-state index is 0.861. The van der Waals surface area contributed by atoms with Gasteiger partial charge in [-0.25, -0.2) is 0 Å². The number of para-hydroxylation sites is 1. The normalized spacial score (nSPS) is 11.5. The van der Waals surface area contributed by atoms with Gasteiger partial charge in [0.25, 0.3) is 0 Å². The monoisotopic (exact) mass is 512 g/mol. The maximum absolute atomic E-state index is 6.97. The van der Waals surface area contributed by atoms with Crippen molar-refractivity contribution < 1.29 is 8.83 Å². The van der Waals surface area contributed by atoms with E-state index >= 15 is 0 Å². The SMILES string of the molecule is c1ccc(-c2ccccc2-c2oc(-c3cc4c(cc3-c3ccccc3)oc3ccccc34)c3ccccc23)cc1. The lowest BCUT2D eigenvalue weighted by molar-refractivity contribution is 0.602. The van der Waals surface area contributed by atoms with E-state index in [4.69, 9.17) is 8.83 Å². The molecular weight excluding hydrogens is 488 g/mol. The first kappa shape index (κ1) is 22.6. The maximum Gasteiger partial charge on any atom is 0.143 e. The summed E-state index contributed by atoms with van der Waals surface area (Å²) in [7, 11) is 0. The third-order valence-corrected chi connectivity index (χ3v) is 7.72. The van der Waals surface area contributed by atoms with E-state index in [0.29, 0.717) is 0 Å². The van der Waals surface area contributed by atoms with E-state index < -0.39 is 0 Å². The fourth-order valence-electron chi connectivity index (χ4n) is 5.86. The van der Waals surface area contributed by atoms with Gasteiger partial charge in [0.05, 0.1) is 0 Å². The predicted octanol–water partition coefficient (Wildman–Crippen LogP) is 11.0. The molecular formula is C38H24O2. The van der Waals surface area contributed by atoms with E-state index in [1.165, 1.54) is 0 Å². The zero-order valence-corrected chi connectivity index (χ0v) is 21.7. The number of furan rings is 2. The minimum Gasteiger partial charge on any atom is -0.456 e. The maximum atomic E-state index is 6.97. The third-order valence-electron chi connectivity index (χ3n) is 7.72. The first-order chi connectivity index (χ1) is 19.8. The van der Waals surface area contributed by atoms with Crippen LogP contribution in [0.1, 0.15) is 0 Å². The van der Waals surface area contributed by atoms with Crippen LogP contribution in [0.5, 0.6) is 0 Å². The van der Waals surface area contributed by atoms with Gasteiger partial charge in [0.2, 0.25) is 0 Å². The van der Waals surface area contributed by atoms with Crippen molar-refractivity contribution in [2.24, 2.45) is 0 Å². The quantitative estimate of drug-likeness (QED) is 0.234. The summed E-state index contributed by atoms with van der Waals surface area (Å²) >= 11 is 0. The smallest absolute Gasteiger partial charge is 0.143 e. The number of hydrogen-bond donors (Lipinski definition) is 0. The second kappa shape index (κ2) is 9.14. The molecule has 2 heteroatoms. The van der Waals surface area contributed by atoms with E-state index in [9.17, 15) is 0 Å². The highest BCUT2D eigenvalue weighted by Crippen LogP contribution is 2.46. The fraction of sp³-hybridized carbons (Fsp3) is 0. The lowest BCUT2D eigenvalue weighted by Crippen LogP contribution is -1.85. The second-order valence-electron chi connectivity index (χ2n) is 10.1. The van der Waals surface area contributed by atoms with Gasteiger partial charge >= 0.3 is 0 Å². The summed E-state index contributed by atoms with van der Waals surface area (Å²) in [6.45, 7) is 0. The van der Waals surface area contributed by atoms with Crippen LogP contribution in [-0.4, -0.2) is 0 Å². The highest BCUT2D eigenvalue weighted by molar-refractivity contribution is 6.12. The van der Waals surface area contributed by atoms with Crippen molar-refractivity contribution in [3.8, 4) is 44.9 Å². The molecule has 0 fully saturated rings. The van der Waals surface area contributed by atoms with Gasteiger partial charge in [-0.3, -0.25) is 0 Å². The molecule has 0 aliphatic carbocycles. The summed E-state index contributed by atoms with van der Waals surface area (Å²) in [6, 6.07) is 50.6. The molecule has 0 radical (unpaired) electrons. The summed E-state index contributed by atoms with van der Waals surface area (Å²) < 4.78 is 13.3. The topological polar surface area (TPSA) is 26.3 Å². The molecule has 0 unspecified atom stereocenters. The number of rotatable bonds is 4. The molecule has 0 amide bonds. The van der Waals surface area contributed by atoms with Crippen molar-refractivity contribution in [1.29, 1.82) is 0 Å². The largest absolute Gasteiger partial charge is 0.456 e.